The van der Waals surface area contributed by atoms with Crippen molar-refractivity contribution in [3.05, 3.63) is 0 Å². The van der Waals surface area contributed by atoms with E-state index in [1.165, 1.54) is 0 Å². The van der Waals surface area contributed by atoms with Gasteiger partial charge in [-0.15, -0.1) is 0 Å². The molecule has 1 heterocycles. The molecule has 0 aromatic heterocycles. The van der Waals surface area contributed by atoms with Crippen molar-refractivity contribution in [2.75, 3.05) is 26.2 Å². The van der Waals surface area contributed by atoms with Crippen LogP contribution in [0.4, 0.5) is 4.79 Å². The summed E-state index contributed by atoms with van der Waals surface area (Å²) in [5, 5.41) is 3.32. The summed E-state index contributed by atoms with van der Waals surface area (Å²) in [4.78, 5) is 13.7. The van der Waals surface area contributed by atoms with Crippen molar-refractivity contribution in [2.24, 2.45) is 5.92 Å². The average molecular weight is 228 g/mol. The maximum Gasteiger partial charge on any atom is 0.410 e. The van der Waals surface area contributed by atoms with E-state index in [2.05, 4.69) is 5.32 Å². The average Bonchev–Trinajstić information content (AvgIpc) is 2.29. The molecule has 1 rings (SSSR count). The lowest BCUT2D eigenvalue weighted by Gasteiger charge is -2.33. The van der Waals surface area contributed by atoms with Gasteiger partial charge in [-0.05, 0) is 32.2 Å². The molecule has 16 heavy (non-hydrogen) atoms. The van der Waals surface area contributed by atoms with Crippen LogP contribution in [0.5, 0.6) is 0 Å². The highest BCUT2D eigenvalue weighted by Crippen LogP contribution is 2.11. The normalized spacial score (nSPS) is 20.9. The number of rotatable bonds is 4. The number of ether oxygens (including phenoxy) is 1. The molecule has 0 bridgehead atoms. The Kier molecular flexibility index (Phi) is 5.60. The van der Waals surface area contributed by atoms with Gasteiger partial charge in [0.1, 0.15) is 0 Å². The molecule has 0 radical (unpaired) electrons. The van der Waals surface area contributed by atoms with Crippen LogP contribution < -0.4 is 5.32 Å². The van der Waals surface area contributed by atoms with E-state index in [0.29, 0.717) is 18.6 Å². The third-order valence-corrected chi connectivity index (χ3v) is 2.83. The molecule has 0 aromatic rings. The zero-order valence-corrected chi connectivity index (χ0v) is 10.7. The lowest BCUT2D eigenvalue weighted by atomic mass is 10.1. The Balaban J connectivity index is 2.41. The smallest absolute Gasteiger partial charge is 0.410 e. The molecule has 1 fully saturated rings. The predicted molar refractivity (Wildman–Crippen MR) is 64.5 cm³/mol. The third kappa shape index (κ3) is 4.00. The maximum atomic E-state index is 11.9. The molecular weight excluding hydrogens is 204 g/mol. The second-order valence-electron chi connectivity index (χ2n) is 4.76. The van der Waals surface area contributed by atoms with Gasteiger partial charge in [0.15, 0.2) is 0 Å². The highest BCUT2D eigenvalue weighted by molar-refractivity contribution is 5.68. The van der Waals surface area contributed by atoms with Crippen molar-refractivity contribution in [1.29, 1.82) is 0 Å². The fourth-order valence-corrected chi connectivity index (χ4v) is 1.96. The summed E-state index contributed by atoms with van der Waals surface area (Å²) in [5.74, 6) is 0.395. The number of amides is 1. The number of likely N-dealkylation sites (N-methyl/N-ethyl adjacent to an activating group) is 1. The van der Waals surface area contributed by atoms with Gasteiger partial charge in [0.05, 0.1) is 6.61 Å². The second kappa shape index (κ2) is 6.74. The number of nitrogens with one attached hydrogen (secondary N) is 1. The Morgan fingerprint density at radius 3 is 2.81 bits per heavy atom. The topological polar surface area (TPSA) is 41.6 Å². The van der Waals surface area contributed by atoms with Gasteiger partial charge in [-0.2, -0.15) is 0 Å². The van der Waals surface area contributed by atoms with E-state index in [-0.39, 0.29) is 6.09 Å². The highest BCUT2D eigenvalue weighted by Gasteiger charge is 2.24. The first kappa shape index (κ1) is 13.3. The van der Waals surface area contributed by atoms with Gasteiger partial charge in [0.2, 0.25) is 0 Å². The summed E-state index contributed by atoms with van der Waals surface area (Å²) >= 11 is 0. The lowest BCUT2D eigenvalue weighted by molar-refractivity contribution is 0.0740. The molecule has 0 aromatic carbocycles. The summed E-state index contributed by atoms with van der Waals surface area (Å²) in [6, 6.07) is 0.304. The predicted octanol–water partition coefficient (Wildman–Crippen LogP) is 1.85. The third-order valence-electron chi connectivity index (χ3n) is 2.83. The van der Waals surface area contributed by atoms with E-state index >= 15 is 0 Å². The molecule has 94 valence electrons. The number of nitrogens with zero attached hydrogens (tertiary/aromatic N) is 1. The zero-order valence-electron chi connectivity index (χ0n) is 10.7. The summed E-state index contributed by atoms with van der Waals surface area (Å²) in [5.41, 5.74) is 0. The minimum atomic E-state index is -0.162. The number of hydrogen-bond acceptors (Lipinski definition) is 3. The van der Waals surface area contributed by atoms with Gasteiger partial charge in [-0.3, -0.25) is 0 Å². The van der Waals surface area contributed by atoms with Crippen LogP contribution in [-0.4, -0.2) is 43.3 Å². The highest BCUT2D eigenvalue weighted by atomic mass is 16.6. The molecule has 4 nitrogen and oxygen atoms in total. The van der Waals surface area contributed by atoms with Crippen LogP contribution in [-0.2, 0) is 4.74 Å². The number of hydrogen-bond donors (Lipinski definition) is 1. The zero-order chi connectivity index (χ0) is 12.0. The summed E-state index contributed by atoms with van der Waals surface area (Å²) in [6.07, 6.45) is 2.06. The van der Waals surface area contributed by atoms with Crippen molar-refractivity contribution in [1.82, 2.24) is 10.2 Å². The van der Waals surface area contributed by atoms with E-state index < -0.39 is 0 Å². The summed E-state index contributed by atoms with van der Waals surface area (Å²) in [7, 11) is 0. The Bertz CT molecular complexity index is 213. The standard InChI is InChI=1S/C12H24N2O2/c1-4-14(11-6-5-7-13-8-11)12(15)16-9-10(2)3/h10-11,13H,4-9H2,1-3H3. The van der Waals surface area contributed by atoms with Crippen LogP contribution in [0.2, 0.25) is 0 Å². The molecule has 1 saturated heterocycles. The Morgan fingerprint density at radius 1 is 1.56 bits per heavy atom. The molecule has 1 unspecified atom stereocenters. The molecule has 1 atom stereocenters. The summed E-state index contributed by atoms with van der Waals surface area (Å²) in [6.45, 7) is 9.29. The van der Waals surface area contributed by atoms with E-state index in [1.807, 2.05) is 25.7 Å². The second-order valence-corrected chi connectivity index (χ2v) is 4.76. The van der Waals surface area contributed by atoms with Crippen LogP contribution in [0.25, 0.3) is 0 Å². The van der Waals surface area contributed by atoms with Crippen molar-refractivity contribution in [3.63, 3.8) is 0 Å². The maximum absolute atomic E-state index is 11.9. The Morgan fingerprint density at radius 2 is 2.31 bits per heavy atom. The fraction of sp³-hybridized carbons (Fsp3) is 0.917. The molecule has 1 aliphatic heterocycles. The van der Waals surface area contributed by atoms with E-state index in [0.717, 1.165) is 32.5 Å². The first-order chi connectivity index (χ1) is 7.65. The lowest BCUT2D eigenvalue weighted by Crippen LogP contribution is -2.48. The molecule has 0 aliphatic carbocycles. The van der Waals surface area contributed by atoms with E-state index in [4.69, 9.17) is 4.74 Å². The molecule has 1 N–H and O–H groups in total. The molecule has 1 amide bonds. The van der Waals surface area contributed by atoms with Gasteiger partial charge in [-0.25, -0.2) is 4.79 Å². The molecule has 0 spiro atoms. The van der Waals surface area contributed by atoms with Gasteiger partial charge in [-0.1, -0.05) is 13.8 Å². The number of piperidine rings is 1. The minimum absolute atomic E-state index is 0.162. The van der Waals surface area contributed by atoms with Gasteiger partial charge in [0.25, 0.3) is 0 Å². The first-order valence-electron chi connectivity index (χ1n) is 6.29. The SMILES string of the molecule is CCN(C(=O)OCC(C)C)C1CCCNC1. The monoisotopic (exact) mass is 228 g/mol. The van der Waals surface area contributed by atoms with Crippen LogP contribution in [0, 0.1) is 5.92 Å². The largest absolute Gasteiger partial charge is 0.449 e. The van der Waals surface area contributed by atoms with Crippen LogP contribution >= 0.6 is 0 Å². The molecule has 4 heteroatoms. The van der Waals surface area contributed by atoms with Crippen LogP contribution in [0.15, 0.2) is 0 Å². The van der Waals surface area contributed by atoms with Crippen molar-refractivity contribution in [2.45, 2.75) is 39.7 Å². The summed E-state index contributed by atoms with van der Waals surface area (Å²) < 4.78 is 5.27. The van der Waals surface area contributed by atoms with Crippen LogP contribution in [0.1, 0.15) is 33.6 Å². The van der Waals surface area contributed by atoms with Crippen molar-refractivity contribution >= 4 is 6.09 Å². The van der Waals surface area contributed by atoms with Gasteiger partial charge in [0, 0.05) is 19.1 Å². The van der Waals surface area contributed by atoms with E-state index in [9.17, 15) is 4.79 Å². The van der Waals surface area contributed by atoms with Gasteiger partial charge < -0.3 is 15.0 Å². The van der Waals surface area contributed by atoms with Crippen LogP contribution in [0.3, 0.4) is 0 Å². The van der Waals surface area contributed by atoms with Gasteiger partial charge >= 0.3 is 6.09 Å². The fourth-order valence-electron chi connectivity index (χ4n) is 1.96. The van der Waals surface area contributed by atoms with Crippen molar-refractivity contribution < 1.29 is 9.53 Å². The molecule has 0 saturated carbocycles. The van der Waals surface area contributed by atoms with E-state index in [1.54, 1.807) is 0 Å². The minimum Gasteiger partial charge on any atom is -0.449 e. The Labute approximate surface area is 98.3 Å². The number of carbonyl (C=O) groups is 1. The quantitative estimate of drug-likeness (QED) is 0.798. The number of carbonyl (C=O) groups excluding carboxylic acids is 1. The Hall–Kier alpha value is -0.770. The molecular formula is C12H24N2O2. The van der Waals surface area contributed by atoms with Crippen molar-refractivity contribution in [3.8, 4) is 0 Å². The first-order valence-corrected chi connectivity index (χ1v) is 6.29. The molecule has 1 aliphatic rings.